The van der Waals surface area contributed by atoms with Crippen LogP contribution in [0.5, 0.6) is 0 Å². The van der Waals surface area contributed by atoms with Crippen LogP contribution >= 0.6 is 11.6 Å². The van der Waals surface area contributed by atoms with Gasteiger partial charge in [0, 0.05) is 24.6 Å². The summed E-state index contributed by atoms with van der Waals surface area (Å²) < 4.78 is 0. The van der Waals surface area contributed by atoms with Crippen LogP contribution in [-0.4, -0.2) is 23.1 Å². The summed E-state index contributed by atoms with van der Waals surface area (Å²) in [5, 5.41) is 0.591. The van der Waals surface area contributed by atoms with E-state index in [2.05, 4.69) is 30.8 Å². The van der Waals surface area contributed by atoms with Crippen LogP contribution in [0.4, 0.5) is 5.82 Å². The average molecular weight is 268 g/mol. The minimum absolute atomic E-state index is 0.304. The summed E-state index contributed by atoms with van der Waals surface area (Å²) in [6, 6.07) is 0.606. The summed E-state index contributed by atoms with van der Waals surface area (Å²) in [6.07, 6.45) is 5.16. The first-order valence-corrected chi connectivity index (χ1v) is 7.15. The molecule has 1 aliphatic rings. The molecule has 0 bridgehead atoms. The first kappa shape index (κ1) is 13.6. The molecule has 100 valence electrons. The van der Waals surface area contributed by atoms with Gasteiger partial charge in [0.1, 0.15) is 16.8 Å². The summed E-state index contributed by atoms with van der Waals surface area (Å²) in [5.74, 6) is 2.15. The third-order valence-corrected chi connectivity index (χ3v) is 4.17. The van der Waals surface area contributed by atoms with Crippen molar-refractivity contribution in [3.05, 3.63) is 16.5 Å². The first-order valence-electron chi connectivity index (χ1n) is 6.77. The number of hydrogen-bond donors (Lipinski definition) is 0. The van der Waals surface area contributed by atoms with E-state index in [0.717, 1.165) is 17.2 Å². The Morgan fingerprint density at radius 2 is 1.83 bits per heavy atom. The first-order chi connectivity index (χ1) is 8.50. The smallest absolute Gasteiger partial charge is 0.137 e. The van der Waals surface area contributed by atoms with Crippen LogP contribution < -0.4 is 4.90 Å². The fourth-order valence-electron chi connectivity index (χ4n) is 2.56. The van der Waals surface area contributed by atoms with E-state index >= 15 is 0 Å². The van der Waals surface area contributed by atoms with Crippen molar-refractivity contribution in [1.29, 1.82) is 0 Å². The van der Waals surface area contributed by atoms with Gasteiger partial charge in [-0.25, -0.2) is 9.97 Å². The van der Waals surface area contributed by atoms with Gasteiger partial charge in [-0.15, -0.1) is 0 Å². The number of hydrogen-bond acceptors (Lipinski definition) is 3. The second-order valence-corrected chi connectivity index (χ2v) is 5.88. The van der Waals surface area contributed by atoms with Crippen molar-refractivity contribution in [2.75, 3.05) is 11.9 Å². The molecule has 0 unspecified atom stereocenters. The summed E-state index contributed by atoms with van der Waals surface area (Å²) >= 11 is 6.24. The van der Waals surface area contributed by atoms with Crippen LogP contribution in [0.3, 0.4) is 0 Å². The van der Waals surface area contributed by atoms with Gasteiger partial charge in [0.15, 0.2) is 0 Å². The van der Waals surface area contributed by atoms with E-state index in [-0.39, 0.29) is 0 Å². The minimum atomic E-state index is 0.304. The standard InChI is InChI=1S/C14H22ClN3/c1-9(2)13-16-12(15)10(3)14(17-13)18(4)11-7-5-6-8-11/h9,11H,5-8H2,1-4H3. The predicted molar refractivity (Wildman–Crippen MR) is 76.5 cm³/mol. The Kier molecular flexibility index (Phi) is 4.10. The summed E-state index contributed by atoms with van der Waals surface area (Å²) in [6.45, 7) is 6.20. The number of rotatable bonds is 3. The van der Waals surface area contributed by atoms with Crippen molar-refractivity contribution < 1.29 is 0 Å². The highest BCUT2D eigenvalue weighted by atomic mass is 35.5. The molecule has 0 N–H and O–H groups in total. The molecule has 2 rings (SSSR count). The van der Waals surface area contributed by atoms with E-state index in [0.29, 0.717) is 17.1 Å². The number of halogens is 1. The lowest BCUT2D eigenvalue weighted by Crippen LogP contribution is -2.30. The van der Waals surface area contributed by atoms with Crippen molar-refractivity contribution in [2.45, 2.75) is 58.4 Å². The molecule has 1 fully saturated rings. The molecule has 18 heavy (non-hydrogen) atoms. The quantitative estimate of drug-likeness (QED) is 0.777. The zero-order valence-electron chi connectivity index (χ0n) is 11.7. The third kappa shape index (κ3) is 2.61. The molecule has 1 aromatic heterocycles. The average Bonchev–Trinajstić information content (AvgIpc) is 2.85. The van der Waals surface area contributed by atoms with Crippen LogP contribution in [0.15, 0.2) is 0 Å². The summed E-state index contributed by atoms with van der Waals surface area (Å²) in [4.78, 5) is 11.4. The molecule has 0 spiro atoms. The van der Waals surface area contributed by atoms with Gasteiger partial charge in [-0.2, -0.15) is 0 Å². The molecule has 1 saturated carbocycles. The third-order valence-electron chi connectivity index (χ3n) is 3.80. The van der Waals surface area contributed by atoms with Crippen LogP contribution in [0, 0.1) is 6.92 Å². The Balaban J connectivity index is 2.35. The minimum Gasteiger partial charge on any atom is -0.356 e. The monoisotopic (exact) mass is 267 g/mol. The van der Waals surface area contributed by atoms with Crippen molar-refractivity contribution in [1.82, 2.24) is 9.97 Å². The summed E-state index contributed by atoms with van der Waals surface area (Å²) in [5.41, 5.74) is 0.996. The maximum Gasteiger partial charge on any atom is 0.137 e. The van der Waals surface area contributed by atoms with E-state index < -0.39 is 0 Å². The van der Waals surface area contributed by atoms with Crippen molar-refractivity contribution in [3.63, 3.8) is 0 Å². The Morgan fingerprint density at radius 3 is 2.39 bits per heavy atom. The van der Waals surface area contributed by atoms with Gasteiger partial charge in [0.25, 0.3) is 0 Å². The van der Waals surface area contributed by atoms with Gasteiger partial charge in [-0.05, 0) is 19.8 Å². The molecule has 1 aromatic rings. The van der Waals surface area contributed by atoms with Gasteiger partial charge < -0.3 is 4.90 Å². The molecule has 3 nitrogen and oxygen atoms in total. The lowest BCUT2D eigenvalue weighted by molar-refractivity contribution is 0.638. The van der Waals surface area contributed by atoms with Crippen LogP contribution in [0.2, 0.25) is 5.15 Å². The molecule has 0 amide bonds. The van der Waals surface area contributed by atoms with E-state index in [9.17, 15) is 0 Å². The van der Waals surface area contributed by atoms with Gasteiger partial charge in [-0.1, -0.05) is 38.3 Å². The molecular weight excluding hydrogens is 246 g/mol. The number of anilines is 1. The van der Waals surface area contributed by atoms with E-state index in [1.807, 2.05) is 6.92 Å². The predicted octanol–water partition coefficient (Wildman–Crippen LogP) is 3.94. The molecule has 1 heterocycles. The Hall–Kier alpha value is -0.830. The number of aromatic nitrogens is 2. The molecule has 0 atom stereocenters. The maximum atomic E-state index is 6.24. The molecule has 0 aromatic carbocycles. The lowest BCUT2D eigenvalue weighted by Gasteiger charge is -2.27. The molecule has 4 heteroatoms. The Labute approximate surface area is 115 Å². The van der Waals surface area contributed by atoms with Gasteiger partial charge in [0.05, 0.1) is 0 Å². The van der Waals surface area contributed by atoms with E-state index in [4.69, 9.17) is 16.6 Å². The largest absolute Gasteiger partial charge is 0.356 e. The maximum absolute atomic E-state index is 6.24. The summed E-state index contributed by atoms with van der Waals surface area (Å²) in [7, 11) is 2.13. The van der Waals surface area contributed by atoms with Crippen LogP contribution in [0.25, 0.3) is 0 Å². The molecule has 0 aliphatic heterocycles. The highest BCUT2D eigenvalue weighted by Crippen LogP contribution is 2.30. The SMILES string of the molecule is Cc1c(Cl)nc(C(C)C)nc1N(C)C1CCCC1. The fraction of sp³-hybridized carbons (Fsp3) is 0.714. The van der Waals surface area contributed by atoms with Gasteiger partial charge in [0.2, 0.25) is 0 Å². The molecular formula is C14H22ClN3. The van der Waals surface area contributed by atoms with E-state index in [1.54, 1.807) is 0 Å². The van der Waals surface area contributed by atoms with Crippen LogP contribution in [-0.2, 0) is 0 Å². The van der Waals surface area contributed by atoms with Crippen molar-refractivity contribution >= 4 is 17.4 Å². The van der Waals surface area contributed by atoms with Gasteiger partial charge in [-0.3, -0.25) is 0 Å². The highest BCUT2D eigenvalue weighted by Gasteiger charge is 2.23. The highest BCUT2D eigenvalue weighted by molar-refractivity contribution is 6.30. The Bertz CT molecular complexity index is 425. The van der Waals surface area contributed by atoms with Crippen LogP contribution in [0.1, 0.15) is 56.8 Å². The lowest BCUT2D eigenvalue weighted by atomic mass is 10.2. The van der Waals surface area contributed by atoms with Crippen molar-refractivity contribution in [3.8, 4) is 0 Å². The molecule has 0 radical (unpaired) electrons. The molecule has 1 aliphatic carbocycles. The fourth-order valence-corrected chi connectivity index (χ4v) is 2.73. The second-order valence-electron chi connectivity index (χ2n) is 5.53. The van der Waals surface area contributed by atoms with Crippen molar-refractivity contribution in [2.24, 2.45) is 0 Å². The van der Waals surface area contributed by atoms with Gasteiger partial charge >= 0.3 is 0 Å². The number of nitrogens with zero attached hydrogens (tertiary/aromatic N) is 3. The Morgan fingerprint density at radius 1 is 1.22 bits per heavy atom. The molecule has 0 saturated heterocycles. The second kappa shape index (κ2) is 5.43. The zero-order chi connectivity index (χ0) is 13.3. The topological polar surface area (TPSA) is 29.0 Å². The zero-order valence-corrected chi connectivity index (χ0v) is 12.5. The normalized spacial score (nSPS) is 16.6. The van der Waals surface area contributed by atoms with E-state index in [1.165, 1.54) is 25.7 Å².